The Labute approximate surface area is 191 Å². The summed E-state index contributed by atoms with van der Waals surface area (Å²) in [6.07, 6.45) is 2.26. The monoisotopic (exact) mass is 440 g/mol. The molecule has 32 heavy (non-hydrogen) atoms. The van der Waals surface area contributed by atoms with E-state index in [1.165, 1.54) is 0 Å². The number of benzene rings is 2. The smallest absolute Gasteiger partial charge is 0.243 e. The highest BCUT2D eigenvalue weighted by molar-refractivity contribution is 5.87. The second-order valence-electron chi connectivity index (χ2n) is 7.88. The molecule has 6 heteroatoms. The maximum atomic E-state index is 13.2. The molecule has 2 rings (SSSR count). The number of nitrogens with zero attached hydrogens (tertiary/aromatic N) is 1. The molecule has 0 radical (unpaired) electrons. The van der Waals surface area contributed by atoms with Crippen LogP contribution in [0.25, 0.3) is 0 Å². The van der Waals surface area contributed by atoms with Gasteiger partial charge in [0, 0.05) is 19.0 Å². The molecule has 0 aliphatic carbocycles. The Kier molecular flexibility index (Phi) is 10.6. The molecular formula is C26H36N2O4. The van der Waals surface area contributed by atoms with Gasteiger partial charge in [-0.1, -0.05) is 44.2 Å². The second-order valence-corrected chi connectivity index (χ2v) is 7.88. The number of methoxy groups -OCH3 is 1. The fourth-order valence-corrected chi connectivity index (χ4v) is 3.40. The maximum Gasteiger partial charge on any atom is 0.243 e. The zero-order valence-electron chi connectivity index (χ0n) is 19.7. The first-order chi connectivity index (χ1) is 15.5. The topological polar surface area (TPSA) is 67.9 Å². The summed E-state index contributed by atoms with van der Waals surface area (Å²) in [6.45, 7) is 6.73. The Bertz CT molecular complexity index is 841. The van der Waals surface area contributed by atoms with Gasteiger partial charge in [0.2, 0.25) is 11.8 Å². The van der Waals surface area contributed by atoms with E-state index in [4.69, 9.17) is 9.47 Å². The normalized spacial score (nSPS) is 12.5. The number of rotatable bonds is 13. The van der Waals surface area contributed by atoms with Crippen LogP contribution in [0.4, 0.5) is 0 Å². The van der Waals surface area contributed by atoms with E-state index in [1.54, 1.807) is 12.0 Å². The third kappa shape index (κ3) is 7.91. The number of ether oxygens (including phenoxy) is 2. The summed E-state index contributed by atoms with van der Waals surface area (Å²) in [6, 6.07) is 16.7. The van der Waals surface area contributed by atoms with Crippen molar-refractivity contribution in [3.63, 3.8) is 0 Å². The van der Waals surface area contributed by atoms with Crippen LogP contribution in [0.2, 0.25) is 0 Å². The van der Waals surface area contributed by atoms with E-state index in [0.29, 0.717) is 32.4 Å². The minimum absolute atomic E-state index is 0.0596. The molecule has 0 saturated carbocycles. The van der Waals surface area contributed by atoms with Crippen molar-refractivity contribution in [1.29, 1.82) is 0 Å². The molecule has 174 valence electrons. The van der Waals surface area contributed by atoms with Crippen LogP contribution in [-0.2, 0) is 16.1 Å². The molecule has 0 aliphatic rings. The zero-order valence-corrected chi connectivity index (χ0v) is 19.7. The SMILES string of the molecule is CC[C@@H](C)NC(=O)[C@@H](CC)N(Cc1cccc(OC)c1)C(=O)CCCOc1ccccc1. The van der Waals surface area contributed by atoms with Crippen LogP contribution < -0.4 is 14.8 Å². The summed E-state index contributed by atoms with van der Waals surface area (Å²) >= 11 is 0. The lowest BCUT2D eigenvalue weighted by atomic mass is 10.1. The maximum absolute atomic E-state index is 13.2. The van der Waals surface area contributed by atoms with Crippen LogP contribution in [0.3, 0.4) is 0 Å². The highest BCUT2D eigenvalue weighted by Crippen LogP contribution is 2.19. The molecule has 1 N–H and O–H groups in total. The second kappa shape index (κ2) is 13.4. The van der Waals surface area contributed by atoms with Gasteiger partial charge < -0.3 is 19.7 Å². The fourth-order valence-electron chi connectivity index (χ4n) is 3.40. The first kappa shape index (κ1) is 25.2. The quantitative estimate of drug-likeness (QED) is 0.463. The molecule has 2 aromatic carbocycles. The highest BCUT2D eigenvalue weighted by Gasteiger charge is 2.29. The van der Waals surface area contributed by atoms with Crippen molar-refractivity contribution in [1.82, 2.24) is 10.2 Å². The van der Waals surface area contributed by atoms with Gasteiger partial charge in [-0.15, -0.1) is 0 Å². The van der Waals surface area contributed by atoms with Crippen LogP contribution in [0.1, 0.15) is 52.0 Å². The first-order valence-corrected chi connectivity index (χ1v) is 11.4. The molecule has 0 aromatic heterocycles. The average molecular weight is 441 g/mol. The first-order valence-electron chi connectivity index (χ1n) is 11.4. The van der Waals surface area contributed by atoms with Gasteiger partial charge in [0.15, 0.2) is 0 Å². The summed E-state index contributed by atoms with van der Waals surface area (Å²) in [7, 11) is 1.61. The van der Waals surface area contributed by atoms with E-state index in [0.717, 1.165) is 23.5 Å². The van der Waals surface area contributed by atoms with Crippen molar-refractivity contribution < 1.29 is 19.1 Å². The van der Waals surface area contributed by atoms with Crippen LogP contribution in [0.5, 0.6) is 11.5 Å². The fraction of sp³-hybridized carbons (Fsp3) is 0.462. The predicted octanol–water partition coefficient (Wildman–Crippen LogP) is 4.58. The molecular weight excluding hydrogens is 404 g/mol. The van der Waals surface area contributed by atoms with Gasteiger partial charge in [-0.05, 0) is 56.0 Å². The summed E-state index contributed by atoms with van der Waals surface area (Å²) in [4.78, 5) is 27.9. The molecule has 2 amide bonds. The van der Waals surface area contributed by atoms with Crippen molar-refractivity contribution >= 4 is 11.8 Å². The molecule has 0 fully saturated rings. The molecule has 0 bridgehead atoms. The Morgan fingerprint density at radius 1 is 1.00 bits per heavy atom. The number of hydrogen-bond donors (Lipinski definition) is 1. The number of amides is 2. The Morgan fingerprint density at radius 2 is 1.72 bits per heavy atom. The molecule has 0 spiro atoms. The largest absolute Gasteiger partial charge is 0.497 e. The van der Waals surface area contributed by atoms with Crippen LogP contribution in [0, 0.1) is 0 Å². The lowest BCUT2D eigenvalue weighted by Gasteiger charge is -2.31. The van der Waals surface area contributed by atoms with Crippen molar-refractivity contribution in [2.75, 3.05) is 13.7 Å². The van der Waals surface area contributed by atoms with E-state index >= 15 is 0 Å². The minimum atomic E-state index is -0.530. The Morgan fingerprint density at radius 3 is 2.38 bits per heavy atom. The van der Waals surface area contributed by atoms with E-state index in [9.17, 15) is 9.59 Å². The minimum Gasteiger partial charge on any atom is -0.497 e. The summed E-state index contributed by atoms with van der Waals surface area (Å²) in [5.41, 5.74) is 0.924. The van der Waals surface area contributed by atoms with E-state index in [-0.39, 0.29) is 17.9 Å². The van der Waals surface area contributed by atoms with Crippen molar-refractivity contribution in [2.24, 2.45) is 0 Å². The molecule has 0 saturated heterocycles. The lowest BCUT2D eigenvalue weighted by molar-refractivity contribution is -0.141. The third-order valence-electron chi connectivity index (χ3n) is 5.42. The van der Waals surface area contributed by atoms with Crippen LogP contribution >= 0.6 is 0 Å². The van der Waals surface area contributed by atoms with Gasteiger partial charge in [0.1, 0.15) is 17.5 Å². The molecule has 0 unspecified atom stereocenters. The van der Waals surface area contributed by atoms with Crippen LogP contribution in [0.15, 0.2) is 54.6 Å². The summed E-state index contributed by atoms with van der Waals surface area (Å²) < 4.78 is 11.0. The van der Waals surface area contributed by atoms with Crippen molar-refractivity contribution in [3.05, 3.63) is 60.2 Å². The lowest BCUT2D eigenvalue weighted by Crippen LogP contribution is -2.50. The van der Waals surface area contributed by atoms with Gasteiger partial charge in [-0.2, -0.15) is 0 Å². The Balaban J connectivity index is 2.09. The number of hydrogen-bond acceptors (Lipinski definition) is 4. The number of nitrogens with one attached hydrogen (secondary N) is 1. The summed E-state index contributed by atoms with van der Waals surface area (Å²) in [5, 5.41) is 3.03. The predicted molar refractivity (Wildman–Crippen MR) is 127 cm³/mol. The third-order valence-corrected chi connectivity index (χ3v) is 5.42. The van der Waals surface area contributed by atoms with Gasteiger partial charge >= 0.3 is 0 Å². The van der Waals surface area contributed by atoms with E-state index in [1.807, 2.05) is 75.4 Å². The van der Waals surface area contributed by atoms with Gasteiger partial charge in [0.25, 0.3) is 0 Å². The highest BCUT2D eigenvalue weighted by atomic mass is 16.5. The van der Waals surface area contributed by atoms with E-state index in [2.05, 4.69) is 5.32 Å². The molecule has 6 nitrogen and oxygen atoms in total. The summed E-state index contributed by atoms with van der Waals surface area (Å²) in [5.74, 6) is 1.34. The molecule has 0 aliphatic heterocycles. The standard InChI is InChI=1S/C26H36N2O4/c1-5-20(3)27-26(30)24(6-2)28(19-21-12-10-15-23(18-21)31-4)25(29)16-11-17-32-22-13-8-7-9-14-22/h7-10,12-15,18,20,24H,5-6,11,16-17,19H2,1-4H3,(H,27,30)/t20-,24-/m1/s1. The average Bonchev–Trinajstić information content (AvgIpc) is 2.82. The number of para-hydroxylation sites is 1. The molecule has 2 aromatic rings. The van der Waals surface area contributed by atoms with Gasteiger partial charge in [0.05, 0.1) is 13.7 Å². The molecule has 2 atom stereocenters. The zero-order chi connectivity index (χ0) is 23.3. The van der Waals surface area contributed by atoms with E-state index < -0.39 is 6.04 Å². The van der Waals surface area contributed by atoms with Gasteiger partial charge in [-0.25, -0.2) is 0 Å². The van der Waals surface area contributed by atoms with Crippen LogP contribution in [-0.4, -0.2) is 42.5 Å². The number of carbonyl (C=O) groups is 2. The van der Waals surface area contributed by atoms with Crippen molar-refractivity contribution in [3.8, 4) is 11.5 Å². The van der Waals surface area contributed by atoms with Crippen molar-refractivity contribution in [2.45, 2.75) is 65.1 Å². The number of carbonyl (C=O) groups excluding carboxylic acids is 2. The van der Waals surface area contributed by atoms with Gasteiger partial charge in [-0.3, -0.25) is 9.59 Å². The Hall–Kier alpha value is -3.02. The molecule has 0 heterocycles.